The van der Waals surface area contributed by atoms with Gasteiger partial charge < -0.3 is 10.4 Å². The summed E-state index contributed by atoms with van der Waals surface area (Å²) in [5, 5.41) is 14.2. The summed E-state index contributed by atoms with van der Waals surface area (Å²) in [5.74, 6) is 1.25. The number of aliphatic hydroxyl groups is 1. The molecule has 19 heavy (non-hydrogen) atoms. The van der Waals surface area contributed by atoms with Gasteiger partial charge in [0.15, 0.2) is 0 Å². The fourth-order valence-electron chi connectivity index (χ4n) is 5.46. The van der Waals surface area contributed by atoms with Crippen LogP contribution in [0.5, 0.6) is 0 Å². The maximum Gasteiger partial charge on any atom is 0.217 e. The average molecular weight is 286 g/mol. The number of hydrogen-bond acceptors (Lipinski definition) is 2. The molecule has 4 bridgehead atoms. The fourth-order valence-corrected chi connectivity index (χ4v) is 6.11. The normalized spacial score (nSPS) is 49.2. The number of carbonyl (C=O) groups excluding carboxylic acids is 1. The molecular formula is C15H24ClNO2. The molecule has 0 aliphatic heterocycles. The molecule has 108 valence electrons. The zero-order valence-corrected chi connectivity index (χ0v) is 12.5. The molecule has 3 nitrogen and oxygen atoms in total. The summed E-state index contributed by atoms with van der Waals surface area (Å²) in [6, 6.07) is 0.0905. The number of halogens is 1. The van der Waals surface area contributed by atoms with Crippen molar-refractivity contribution >= 4 is 17.5 Å². The van der Waals surface area contributed by atoms with E-state index in [9.17, 15) is 9.90 Å². The lowest BCUT2D eigenvalue weighted by Gasteiger charge is -2.63. The largest absolute Gasteiger partial charge is 0.389 e. The number of nitrogens with one attached hydrogen (secondary N) is 1. The Hall–Kier alpha value is -0.280. The van der Waals surface area contributed by atoms with Gasteiger partial charge in [0.1, 0.15) is 0 Å². The molecule has 1 unspecified atom stereocenters. The van der Waals surface area contributed by atoms with Crippen LogP contribution < -0.4 is 5.32 Å². The van der Waals surface area contributed by atoms with Crippen molar-refractivity contribution in [1.29, 1.82) is 0 Å². The van der Waals surface area contributed by atoms with Crippen LogP contribution in [0.2, 0.25) is 0 Å². The topological polar surface area (TPSA) is 49.3 Å². The Morgan fingerprint density at radius 2 is 2.21 bits per heavy atom. The summed E-state index contributed by atoms with van der Waals surface area (Å²) in [4.78, 5) is 11.2. The third kappa shape index (κ3) is 2.19. The van der Waals surface area contributed by atoms with Gasteiger partial charge in [-0.3, -0.25) is 4.79 Å². The van der Waals surface area contributed by atoms with Gasteiger partial charge in [-0.25, -0.2) is 0 Å². The molecule has 0 aromatic carbocycles. The number of amides is 1. The van der Waals surface area contributed by atoms with Crippen LogP contribution >= 0.6 is 11.6 Å². The Morgan fingerprint density at radius 1 is 1.47 bits per heavy atom. The summed E-state index contributed by atoms with van der Waals surface area (Å²) < 4.78 is 0. The first-order valence-electron chi connectivity index (χ1n) is 7.54. The first-order chi connectivity index (χ1) is 8.85. The molecule has 4 rings (SSSR count). The molecule has 1 amide bonds. The molecule has 4 aliphatic carbocycles. The highest BCUT2D eigenvalue weighted by molar-refractivity contribution is 6.24. The monoisotopic (exact) mass is 285 g/mol. The van der Waals surface area contributed by atoms with Crippen molar-refractivity contribution in [3.8, 4) is 0 Å². The van der Waals surface area contributed by atoms with E-state index in [1.165, 1.54) is 6.42 Å². The Balaban J connectivity index is 1.88. The second kappa shape index (κ2) is 4.36. The lowest BCUT2D eigenvalue weighted by Crippen LogP contribution is -2.66. The maximum absolute atomic E-state index is 11.4. The third-order valence-corrected chi connectivity index (χ3v) is 6.02. The summed E-state index contributed by atoms with van der Waals surface area (Å²) in [6.07, 6.45) is 5.71. The van der Waals surface area contributed by atoms with E-state index in [1.54, 1.807) is 6.92 Å². The van der Waals surface area contributed by atoms with Crippen molar-refractivity contribution < 1.29 is 9.90 Å². The molecule has 4 heteroatoms. The van der Waals surface area contributed by atoms with Gasteiger partial charge in [-0.05, 0) is 50.4 Å². The molecule has 4 saturated carbocycles. The van der Waals surface area contributed by atoms with Crippen LogP contribution in [-0.2, 0) is 4.79 Å². The van der Waals surface area contributed by atoms with Crippen LogP contribution in [0.1, 0.15) is 52.4 Å². The molecule has 0 spiro atoms. The Morgan fingerprint density at radius 3 is 2.74 bits per heavy atom. The first-order valence-corrected chi connectivity index (χ1v) is 7.91. The first kappa shape index (κ1) is 13.7. The van der Waals surface area contributed by atoms with E-state index in [4.69, 9.17) is 11.6 Å². The van der Waals surface area contributed by atoms with Crippen molar-refractivity contribution in [2.75, 3.05) is 0 Å². The molecule has 4 aliphatic rings. The molecular weight excluding hydrogens is 262 g/mol. The molecule has 0 radical (unpaired) electrons. The van der Waals surface area contributed by atoms with Crippen molar-refractivity contribution in [3.05, 3.63) is 0 Å². The Bertz CT molecular complexity index is 402. The van der Waals surface area contributed by atoms with E-state index >= 15 is 0 Å². The molecule has 2 N–H and O–H groups in total. The zero-order chi connectivity index (χ0) is 13.8. The van der Waals surface area contributed by atoms with Crippen LogP contribution in [0, 0.1) is 17.8 Å². The number of alkyl halides is 1. The van der Waals surface area contributed by atoms with E-state index in [0.717, 1.165) is 25.7 Å². The quantitative estimate of drug-likeness (QED) is 0.783. The van der Waals surface area contributed by atoms with Crippen molar-refractivity contribution in [1.82, 2.24) is 5.32 Å². The highest BCUT2D eigenvalue weighted by atomic mass is 35.5. The minimum atomic E-state index is -0.658. The number of hydrogen-bond donors (Lipinski definition) is 2. The Labute approximate surface area is 120 Å². The minimum absolute atomic E-state index is 0.00448. The lowest BCUT2D eigenvalue weighted by atomic mass is 9.48. The molecule has 0 saturated heterocycles. The summed E-state index contributed by atoms with van der Waals surface area (Å²) in [6.45, 7) is 3.65. The second-order valence-corrected chi connectivity index (χ2v) is 7.95. The van der Waals surface area contributed by atoms with Crippen molar-refractivity contribution in [2.45, 2.75) is 68.9 Å². The van der Waals surface area contributed by atoms with Gasteiger partial charge >= 0.3 is 0 Å². The fraction of sp³-hybridized carbons (Fsp3) is 0.933. The highest BCUT2D eigenvalue weighted by Gasteiger charge is 2.62. The van der Waals surface area contributed by atoms with E-state index in [-0.39, 0.29) is 22.7 Å². The molecule has 6 atom stereocenters. The van der Waals surface area contributed by atoms with Gasteiger partial charge in [-0.2, -0.15) is 0 Å². The van der Waals surface area contributed by atoms with Crippen LogP contribution in [0.25, 0.3) is 0 Å². The third-order valence-electron chi connectivity index (χ3n) is 5.57. The zero-order valence-electron chi connectivity index (χ0n) is 11.8. The molecule has 0 aromatic rings. The molecule has 0 heterocycles. The van der Waals surface area contributed by atoms with Crippen molar-refractivity contribution in [3.63, 3.8) is 0 Å². The predicted molar refractivity (Wildman–Crippen MR) is 75.0 cm³/mol. The molecule has 0 aromatic heterocycles. The van der Waals surface area contributed by atoms with Crippen molar-refractivity contribution in [2.24, 2.45) is 17.8 Å². The van der Waals surface area contributed by atoms with Crippen LogP contribution in [0.4, 0.5) is 0 Å². The second-order valence-electron chi connectivity index (χ2n) is 7.15. The summed E-state index contributed by atoms with van der Waals surface area (Å²) >= 11 is 6.69. The van der Waals surface area contributed by atoms with E-state index in [0.29, 0.717) is 18.3 Å². The number of carbonyl (C=O) groups is 1. The maximum atomic E-state index is 11.4. The summed E-state index contributed by atoms with van der Waals surface area (Å²) in [5.41, 5.74) is -0.658. The predicted octanol–water partition coefficient (Wildman–Crippen LogP) is 2.45. The highest BCUT2D eigenvalue weighted by Crippen LogP contribution is 2.63. The molecule has 4 fully saturated rings. The standard InChI is InChI=1S/C15H24ClNO2/c1-3-12(17-9(2)18)13-11-4-10-5-14(16,7-11)8-15(13,19)6-10/h10-13,19H,3-8H2,1-2H3,(H,17,18)/t10-,11?,12+,13+,14-,15-/m1/s1. The van der Waals surface area contributed by atoms with E-state index in [2.05, 4.69) is 12.2 Å². The SMILES string of the molecule is CC[C@H](NC(C)=O)[C@@H]1C2C[C@@H]3C[C@@](Cl)(C2)C[C@]1(O)C3. The van der Waals surface area contributed by atoms with Gasteiger partial charge in [0.25, 0.3) is 0 Å². The van der Waals surface area contributed by atoms with Crippen LogP contribution in [-0.4, -0.2) is 27.5 Å². The average Bonchev–Trinajstić information content (AvgIpc) is 2.22. The Kier molecular flexibility index (Phi) is 3.14. The van der Waals surface area contributed by atoms with Gasteiger partial charge in [-0.1, -0.05) is 6.92 Å². The minimum Gasteiger partial charge on any atom is -0.389 e. The smallest absolute Gasteiger partial charge is 0.217 e. The van der Waals surface area contributed by atoms with Crippen LogP contribution in [0.15, 0.2) is 0 Å². The lowest BCUT2D eigenvalue weighted by molar-refractivity contribution is -0.174. The van der Waals surface area contributed by atoms with Gasteiger partial charge in [0.2, 0.25) is 5.91 Å². The van der Waals surface area contributed by atoms with Gasteiger partial charge in [0, 0.05) is 23.8 Å². The van der Waals surface area contributed by atoms with Gasteiger partial charge in [0.05, 0.1) is 5.60 Å². The van der Waals surface area contributed by atoms with Gasteiger partial charge in [-0.15, -0.1) is 11.6 Å². The number of rotatable bonds is 3. The van der Waals surface area contributed by atoms with E-state index < -0.39 is 5.60 Å². The van der Waals surface area contributed by atoms with E-state index in [1.807, 2.05) is 0 Å². The summed E-state index contributed by atoms with van der Waals surface area (Å²) in [7, 11) is 0. The van der Waals surface area contributed by atoms with Crippen LogP contribution in [0.3, 0.4) is 0 Å².